The van der Waals surface area contributed by atoms with E-state index >= 15 is 0 Å². The van der Waals surface area contributed by atoms with Gasteiger partial charge in [-0.3, -0.25) is 0 Å². The van der Waals surface area contributed by atoms with E-state index in [1.165, 1.54) is 10.5 Å². The zero-order valence-electron chi connectivity index (χ0n) is 12.9. The van der Waals surface area contributed by atoms with Crippen LogP contribution in [0, 0.1) is 0 Å². The average Bonchev–Trinajstić information content (AvgIpc) is 2.45. The van der Waals surface area contributed by atoms with E-state index < -0.39 is 7.81 Å². The van der Waals surface area contributed by atoms with Crippen molar-refractivity contribution in [1.82, 2.24) is 0 Å². The Morgan fingerprint density at radius 1 is 0.833 bits per heavy atom. The summed E-state index contributed by atoms with van der Waals surface area (Å²) in [6.07, 6.45) is 2.29. The van der Waals surface area contributed by atoms with Crippen LogP contribution in [0.1, 0.15) is 5.56 Å². The molecular weight excluding hydrogens is 373 g/mol. The molecule has 2 aromatic rings. The van der Waals surface area contributed by atoms with E-state index in [4.69, 9.17) is 4.74 Å². The molecule has 1 unspecified atom stereocenters. The van der Waals surface area contributed by atoms with Gasteiger partial charge in [-0.25, -0.2) is 0 Å². The third kappa shape index (κ3) is 11.2. The standard InChI is InChI=1S/C15H17OS.F6P/c1-16-14-8-10-15(11-9-14)17(2)12-13-6-4-3-5-7-13;1-7(2,3,4,5)6/h3-11H,12H2,1-2H3;/q+1;-1. The molecule has 9 heteroatoms. The van der Waals surface area contributed by atoms with Crippen molar-refractivity contribution in [2.75, 3.05) is 13.4 Å². The summed E-state index contributed by atoms with van der Waals surface area (Å²) in [4.78, 5) is 1.38. The van der Waals surface area contributed by atoms with Gasteiger partial charge in [0.1, 0.15) is 17.8 Å². The summed E-state index contributed by atoms with van der Waals surface area (Å²) >= 11 is 0. The molecule has 0 aliphatic heterocycles. The maximum atomic E-state index is 9.87. The number of rotatable bonds is 4. The Kier molecular flexibility index (Phi) is 5.89. The van der Waals surface area contributed by atoms with Gasteiger partial charge in [0.15, 0.2) is 4.90 Å². The van der Waals surface area contributed by atoms with E-state index in [0.29, 0.717) is 0 Å². The Balaban J connectivity index is 0.000000351. The molecule has 0 saturated carbocycles. The van der Waals surface area contributed by atoms with Crippen LogP contribution in [0.4, 0.5) is 25.2 Å². The third-order valence-corrected chi connectivity index (χ3v) is 4.53. The molecule has 24 heavy (non-hydrogen) atoms. The molecule has 0 aromatic heterocycles. The summed E-state index contributed by atoms with van der Waals surface area (Å²) in [5, 5.41) is 0. The molecule has 1 atom stereocenters. The Morgan fingerprint density at radius 2 is 1.29 bits per heavy atom. The molecule has 0 aliphatic carbocycles. The third-order valence-electron chi connectivity index (χ3n) is 2.69. The zero-order chi connectivity index (χ0) is 18.5. The molecule has 0 heterocycles. The predicted octanol–water partition coefficient (Wildman–Crippen LogP) is 6.88. The summed E-state index contributed by atoms with van der Waals surface area (Å²) in [5.41, 5.74) is 1.40. The van der Waals surface area contributed by atoms with Crippen molar-refractivity contribution < 1.29 is 29.9 Å². The van der Waals surface area contributed by atoms with Gasteiger partial charge in [0.2, 0.25) is 0 Å². The fourth-order valence-corrected chi connectivity index (χ4v) is 3.18. The van der Waals surface area contributed by atoms with Gasteiger partial charge in [0, 0.05) is 16.5 Å². The topological polar surface area (TPSA) is 9.23 Å². The first-order valence-corrected chi connectivity index (χ1v) is 10.4. The quantitative estimate of drug-likeness (QED) is 0.314. The van der Waals surface area contributed by atoms with Crippen LogP contribution < -0.4 is 4.74 Å². The van der Waals surface area contributed by atoms with E-state index in [1.54, 1.807) is 7.11 Å². The fraction of sp³-hybridized carbons (Fsp3) is 0.200. The Morgan fingerprint density at radius 3 is 1.71 bits per heavy atom. The van der Waals surface area contributed by atoms with Crippen molar-refractivity contribution in [3.63, 3.8) is 0 Å². The van der Waals surface area contributed by atoms with Crippen LogP contribution in [0.3, 0.4) is 0 Å². The molecule has 2 aromatic carbocycles. The van der Waals surface area contributed by atoms with E-state index in [1.807, 2.05) is 12.1 Å². The van der Waals surface area contributed by atoms with Gasteiger partial charge in [0.05, 0.1) is 7.11 Å². The molecule has 0 aliphatic rings. The minimum atomic E-state index is -10.7. The zero-order valence-corrected chi connectivity index (χ0v) is 14.6. The van der Waals surface area contributed by atoms with Gasteiger partial charge in [0.25, 0.3) is 0 Å². The Bertz CT molecular complexity index is 632. The number of hydrogen-bond acceptors (Lipinski definition) is 1. The van der Waals surface area contributed by atoms with E-state index in [0.717, 1.165) is 11.5 Å². The van der Waals surface area contributed by atoms with Gasteiger partial charge in [-0.05, 0) is 24.3 Å². The van der Waals surface area contributed by atoms with Crippen molar-refractivity contribution in [2.45, 2.75) is 10.6 Å². The predicted molar refractivity (Wildman–Crippen MR) is 88.3 cm³/mol. The number of hydrogen-bond donors (Lipinski definition) is 0. The summed E-state index contributed by atoms with van der Waals surface area (Å²) < 4.78 is 64.4. The molecule has 0 fully saturated rings. The van der Waals surface area contributed by atoms with Crippen molar-refractivity contribution in [3.05, 3.63) is 60.2 Å². The van der Waals surface area contributed by atoms with Gasteiger partial charge in [-0.15, -0.1) is 0 Å². The van der Waals surface area contributed by atoms with Crippen LogP contribution in [0.5, 0.6) is 5.75 Å². The van der Waals surface area contributed by atoms with Crippen LogP contribution in [-0.4, -0.2) is 13.4 Å². The molecule has 0 radical (unpaired) electrons. The molecule has 0 N–H and O–H groups in total. The molecule has 0 bridgehead atoms. The van der Waals surface area contributed by atoms with Gasteiger partial charge < -0.3 is 4.74 Å². The first kappa shape index (κ1) is 20.6. The van der Waals surface area contributed by atoms with Crippen LogP contribution in [0.15, 0.2) is 59.5 Å². The Labute approximate surface area is 139 Å². The molecule has 0 saturated heterocycles. The molecule has 0 spiro atoms. The second kappa shape index (κ2) is 6.84. The van der Waals surface area contributed by atoms with Crippen molar-refractivity contribution >= 4 is 18.7 Å². The molecule has 2 rings (SSSR count). The first-order chi connectivity index (χ1) is 10.7. The van der Waals surface area contributed by atoms with Crippen molar-refractivity contribution in [2.24, 2.45) is 0 Å². The molecule has 0 amide bonds. The van der Waals surface area contributed by atoms with Crippen LogP contribution >= 0.6 is 7.81 Å². The second-order valence-electron chi connectivity index (χ2n) is 4.90. The number of methoxy groups -OCH3 is 1. The minimum absolute atomic E-state index is 0.250. The molecule has 1 nitrogen and oxygen atoms in total. The van der Waals surface area contributed by atoms with Crippen molar-refractivity contribution in [1.29, 1.82) is 0 Å². The van der Waals surface area contributed by atoms with Crippen molar-refractivity contribution in [3.8, 4) is 5.75 Å². The van der Waals surface area contributed by atoms with Crippen LogP contribution in [0.25, 0.3) is 0 Å². The maximum absolute atomic E-state index is 10.7. The van der Waals surface area contributed by atoms with Gasteiger partial charge in [-0.2, -0.15) is 0 Å². The SMILES string of the molecule is COc1ccc([S+](C)Cc2ccccc2)cc1.F[P-](F)(F)(F)(F)F. The summed E-state index contributed by atoms with van der Waals surface area (Å²) in [5.74, 6) is 2.03. The van der Waals surface area contributed by atoms with E-state index in [2.05, 4.69) is 48.7 Å². The average molecular weight is 390 g/mol. The van der Waals surface area contributed by atoms with Gasteiger partial charge >= 0.3 is 33.0 Å². The number of ether oxygens (including phenoxy) is 1. The summed E-state index contributed by atoms with van der Waals surface area (Å²) in [7, 11) is -8.71. The van der Waals surface area contributed by atoms with Crippen LogP contribution in [-0.2, 0) is 16.6 Å². The van der Waals surface area contributed by atoms with E-state index in [9.17, 15) is 25.2 Å². The number of benzene rings is 2. The van der Waals surface area contributed by atoms with Gasteiger partial charge in [-0.1, -0.05) is 30.3 Å². The first-order valence-electron chi connectivity index (χ1n) is 6.61. The number of halogens is 6. The van der Waals surface area contributed by atoms with Crippen LogP contribution in [0.2, 0.25) is 0 Å². The Hall–Kier alpha value is -1.40. The summed E-state index contributed by atoms with van der Waals surface area (Å²) in [6.45, 7) is 0. The second-order valence-corrected chi connectivity index (χ2v) is 8.85. The monoisotopic (exact) mass is 390 g/mol. The fourth-order valence-electron chi connectivity index (χ4n) is 1.72. The summed E-state index contributed by atoms with van der Waals surface area (Å²) in [6, 6.07) is 19.0. The molecule has 136 valence electrons. The normalized spacial score (nSPS) is 15.3. The van der Waals surface area contributed by atoms with E-state index in [-0.39, 0.29) is 10.9 Å². The molecular formula is C15H17F6OPS.